The highest BCUT2D eigenvalue weighted by molar-refractivity contribution is 6.00. The van der Waals surface area contributed by atoms with Crippen molar-refractivity contribution in [2.45, 2.75) is 19.8 Å². The quantitative estimate of drug-likeness (QED) is 0.401. The van der Waals surface area contributed by atoms with Crippen LogP contribution in [0.2, 0.25) is 0 Å². The number of hydrogen-bond acceptors (Lipinski definition) is 5. The molecule has 86 valence electrons. The topological polar surface area (TPSA) is 116 Å². The van der Waals surface area contributed by atoms with Gasteiger partial charge in [-0.25, -0.2) is 4.79 Å². The van der Waals surface area contributed by atoms with Gasteiger partial charge in [-0.15, -0.1) is 0 Å². The van der Waals surface area contributed by atoms with Crippen LogP contribution in [0.5, 0.6) is 0 Å². The van der Waals surface area contributed by atoms with E-state index in [2.05, 4.69) is 11.3 Å². The summed E-state index contributed by atoms with van der Waals surface area (Å²) in [6.45, 7) is 4.82. The number of aliphatic carboxylic acids is 1. The van der Waals surface area contributed by atoms with Crippen molar-refractivity contribution in [2.75, 3.05) is 0 Å². The van der Waals surface area contributed by atoms with E-state index in [1.165, 1.54) is 0 Å². The van der Waals surface area contributed by atoms with Gasteiger partial charge < -0.3 is 16.0 Å². The summed E-state index contributed by atoms with van der Waals surface area (Å²) in [6.07, 6.45) is 1.48. The fraction of sp³-hybridized carbons (Fsp3) is 0.444. The molecular formula is C9H15NO5. The number of carboxylic acids is 1. The minimum atomic E-state index is -1.28. The van der Waals surface area contributed by atoms with Crippen LogP contribution in [-0.4, -0.2) is 23.0 Å². The number of carbonyl (C=O) groups is 3. The van der Waals surface area contributed by atoms with Gasteiger partial charge in [0, 0.05) is 6.08 Å². The van der Waals surface area contributed by atoms with Gasteiger partial charge in [-0.1, -0.05) is 19.9 Å². The summed E-state index contributed by atoms with van der Waals surface area (Å²) in [6, 6.07) is 0. The van der Waals surface area contributed by atoms with E-state index in [9.17, 15) is 14.4 Å². The van der Waals surface area contributed by atoms with Crippen molar-refractivity contribution >= 4 is 17.9 Å². The smallest absolute Gasteiger partial charge is 0.337 e. The predicted octanol–water partition coefficient (Wildman–Crippen LogP) is 0.905. The highest BCUT2D eigenvalue weighted by atomic mass is 16.6. The molecule has 6 heteroatoms. The molecule has 0 radical (unpaired) electrons. The number of esters is 2. The van der Waals surface area contributed by atoms with Crippen molar-refractivity contribution < 1.29 is 24.2 Å². The van der Waals surface area contributed by atoms with Crippen molar-refractivity contribution in [3.8, 4) is 0 Å². The summed E-state index contributed by atoms with van der Waals surface area (Å²) >= 11 is 0. The van der Waals surface area contributed by atoms with Crippen LogP contribution in [-0.2, 0) is 19.1 Å². The molecule has 0 saturated heterocycles. The third-order valence-corrected chi connectivity index (χ3v) is 1.53. The normalized spacial score (nSPS) is 10.7. The molecule has 1 atom stereocenters. The summed E-state index contributed by atoms with van der Waals surface area (Å²) in [5, 5.41) is 8.62. The van der Waals surface area contributed by atoms with E-state index in [1.807, 2.05) is 0 Å². The van der Waals surface area contributed by atoms with E-state index in [1.54, 1.807) is 6.92 Å². The standard InChI is InChI=1S/C9H12O5.H3N/c1-3-5-6(8(11)12)9(13)14-7(10)4-2;/h4,6H,2-3,5H2,1H3,(H,11,12);1H3. The second kappa shape index (κ2) is 7.69. The number of carboxylic acid groups (broad SMARTS) is 1. The van der Waals surface area contributed by atoms with Crippen LogP contribution < -0.4 is 6.15 Å². The number of carbonyl (C=O) groups excluding carboxylic acids is 2. The Kier molecular flexibility index (Phi) is 8.08. The molecular weight excluding hydrogens is 202 g/mol. The molecule has 0 aromatic carbocycles. The fourth-order valence-electron chi connectivity index (χ4n) is 0.843. The third kappa shape index (κ3) is 5.58. The number of rotatable bonds is 5. The summed E-state index contributed by atoms with van der Waals surface area (Å²) in [7, 11) is 0. The van der Waals surface area contributed by atoms with Gasteiger partial charge in [-0.05, 0) is 6.42 Å². The van der Waals surface area contributed by atoms with Crippen molar-refractivity contribution in [3.05, 3.63) is 12.7 Å². The molecule has 0 aliphatic heterocycles. The lowest BCUT2D eigenvalue weighted by Crippen LogP contribution is -2.27. The van der Waals surface area contributed by atoms with Crippen LogP contribution in [0.3, 0.4) is 0 Å². The zero-order chi connectivity index (χ0) is 11.1. The zero-order valence-electron chi connectivity index (χ0n) is 8.56. The Hall–Kier alpha value is -1.69. The molecule has 6 nitrogen and oxygen atoms in total. The molecule has 0 saturated carbocycles. The summed E-state index contributed by atoms with van der Waals surface area (Å²) in [5.74, 6) is -4.53. The highest BCUT2D eigenvalue weighted by Crippen LogP contribution is 2.09. The number of hydrogen-bond donors (Lipinski definition) is 2. The first-order valence-electron chi connectivity index (χ1n) is 4.13. The molecule has 1 unspecified atom stereocenters. The molecule has 0 fully saturated rings. The molecule has 0 aliphatic rings. The average molecular weight is 217 g/mol. The lowest BCUT2D eigenvalue weighted by molar-refractivity contribution is -0.164. The van der Waals surface area contributed by atoms with E-state index in [0.717, 1.165) is 6.08 Å². The van der Waals surface area contributed by atoms with Crippen LogP contribution in [0.1, 0.15) is 19.8 Å². The van der Waals surface area contributed by atoms with Crippen LogP contribution >= 0.6 is 0 Å². The van der Waals surface area contributed by atoms with Crippen LogP contribution in [0.15, 0.2) is 12.7 Å². The van der Waals surface area contributed by atoms with Crippen molar-refractivity contribution in [3.63, 3.8) is 0 Å². The van der Waals surface area contributed by atoms with Crippen molar-refractivity contribution in [1.29, 1.82) is 0 Å². The monoisotopic (exact) mass is 217 g/mol. The first-order valence-corrected chi connectivity index (χ1v) is 4.13. The second-order valence-corrected chi connectivity index (χ2v) is 2.62. The Labute approximate surface area is 87.5 Å². The van der Waals surface area contributed by atoms with Crippen LogP contribution in [0, 0.1) is 5.92 Å². The molecule has 0 aliphatic carbocycles. The third-order valence-electron chi connectivity index (χ3n) is 1.53. The number of ether oxygens (including phenoxy) is 1. The minimum absolute atomic E-state index is 0. The molecule has 0 heterocycles. The average Bonchev–Trinajstić information content (AvgIpc) is 2.13. The molecule has 0 aromatic heterocycles. The first kappa shape index (κ1) is 15.8. The second-order valence-electron chi connectivity index (χ2n) is 2.62. The molecule has 0 rings (SSSR count). The Morgan fingerprint density at radius 1 is 1.47 bits per heavy atom. The highest BCUT2D eigenvalue weighted by Gasteiger charge is 2.28. The maximum absolute atomic E-state index is 11.1. The maximum Gasteiger partial charge on any atom is 0.337 e. The van der Waals surface area contributed by atoms with Crippen LogP contribution in [0.25, 0.3) is 0 Å². The van der Waals surface area contributed by atoms with E-state index in [0.29, 0.717) is 6.42 Å². The molecule has 0 spiro atoms. The Morgan fingerprint density at radius 3 is 2.33 bits per heavy atom. The van der Waals surface area contributed by atoms with Gasteiger partial charge in [-0.2, -0.15) is 0 Å². The van der Waals surface area contributed by atoms with Crippen molar-refractivity contribution in [2.24, 2.45) is 5.92 Å². The van der Waals surface area contributed by atoms with Gasteiger partial charge in [0.25, 0.3) is 0 Å². The molecule has 4 N–H and O–H groups in total. The molecule has 0 aromatic rings. The van der Waals surface area contributed by atoms with Gasteiger partial charge in [0.2, 0.25) is 0 Å². The minimum Gasteiger partial charge on any atom is -0.481 e. The van der Waals surface area contributed by atoms with Crippen LogP contribution in [0.4, 0.5) is 0 Å². The first-order chi connectivity index (χ1) is 6.52. The maximum atomic E-state index is 11.1. The lowest BCUT2D eigenvalue weighted by Gasteiger charge is -2.08. The molecule has 15 heavy (non-hydrogen) atoms. The zero-order valence-corrected chi connectivity index (χ0v) is 8.56. The van der Waals surface area contributed by atoms with Gasteiger partial charge in [0.05, 0.1) is 0 Å². The van der Waals surface area contributed by atoms with E-state index >= 15 is 0 Å². The SMILES string of the molecule is C=CC(=O)OC(=O)C(CCC)C(=O)O.N. The van der Waals surface area contributed by atoms with E-state index < -0.39 is 23.8 Å². The molecule has 0 amide bonds. The van der Waals surface area contributed by atoms with Gasteiger partial charge in [-0.3, -0.25) is 9.59 Å². The summed E-state index contributed by atoms with van der Waals surface area (Å²) in [4.78, 5) is 32.2. The van der Waals surface area contributed by atoms with E-state index in [4.69, 9.17) is 5.11 Å². The lowest BCUT2D eigenvalue weighted by atomic mass is 10.0. The van der Waals surface area contributed by atoms with Gasteiger partial charge in [0.1, 0.15) is 0 Å². The predicted molar refractivity (Wildman–Crippen MR) is 52.4 cm³/mol. The Balaban J connectivity index is 0. The van der Waals surface area contributed by atoms with Crippen molar-refractivity contribution in [1.82, 2.24) is 6.15 Å². The van der Waals surface area contributed by atoms with Gasteiger partial charge >= 0.3 is 17.9 Å². The Bertz CT molecular complexity index is 261. The largest absolute Gasteiger partial charge is 0.481 e. The summed E-state index contributed by atoms with van der Waals surface area (Å²) in [5.41, 5.74) is 0. The fourth-order valence-corrected chi connectivity index (χ4v) is 0.843. The Morgan fingerprint density at radius 2 is 2.00 bits per heavy atom. The van der Waals surface area contributed by atoms with Gasteiger partial charge in [0.15, 0.2) is 5.92 Å². The summed E-state index contributed by atoms with van der Waals surface area (Å²) < 4.78 is 4.20. The molecule has 0 bridgehead atoms. The van der Waals surface area contributed by atoms with E-state index in [-0.39, 0.29) is 12.6 Å².